The van der Waals surface area contributed by atoms with Crippen LogP contribution in [0.3, 0.4) is 0 Å². The van der Waals surface area contributed by atoms with Crippen LogP contribution in [-0.4, -0.2) is 73.7 Å². The molecule has 0 aromatic rings. The van der Waals surface area contributed by atoms with Crippen molar-refractivity contribution < 1.29 is 9.53 Å². The van der Waals surface area contributed by atoms with Crippen molar-refractivity contribution in [1.82, 2.24) is 15.1 Å². The summed E-state index contributed by atoms with van der Waals surface area (Å²) < 4.78 is 5.53. The molecular formula is C15H27N3O2. The number of fused-ring (bicyclic) bond motifs is 2. The molecule has 4 unspecified atom stereocenters. The predicted molar refractivity (Wildman–Crippen MR) is 77.5 cm³/mol. The first-order valence-electron chi connectivity index (χ1n) is 8.02. The van der Waals surface area contributed by atoms with E-state index in [1.54, 1.807) is 0 Å². The summed E-state index contributed by atoms with van der Waals surface area (Å²) in [4.78, 5) is 17.4. The van der Waals surface area contributed by atoms with Gasteiger partial charge in [0.05, 0.1) is 19.1 Å². The van der Waals surface area contributed by atoms with Gasteiger partial charge >= 0.3 is 0 Å². The lowest BCUT2D eigenvalue weighted by Gasteiger charge is -2.29. The Morgan fingerprint density at radius 2 is 2.05 bits per heavy atom. The van der Waals surface area contributed by atoms with Crippen LogP contribution < -0.4 is 5.32 Å². The number of hydrogen-bond acceptors (Lipinski definition) is 4. The third-order valence-corrected chi connectivity index (χ3v) is 5.32. The topological polar surface area (TPSA) is 44.8 Å². The zero-order chi connectivity index (χ0) is 14.1. The Morgan fingerprint density at radius 1 is 1.25 bits per heavy atom. The van der Waals surface area contributed by atoms with Crippen molar-refractivity contribution in [1.29, 1.82) is 0 Å². The Morgan fingerprint density at radius 3 is 2.85 bits per heavy atom. The molecule has 2 bridgehead atoms. The summed E-state index contributed by atoms with van der Waals surface area (Å²) in [7, 11) is 2.22. The number of ether oxygens (including phenoxy) is 1. The number of amides is 1. The maximum absolute atomic E-state index is 12.8. The summed E-state index contributed by atoms with van der Waals surface area (Å²) in [5, 5.41) is 3.39. The Balaban J connectivity index is 1.65. The molecule has 1 amide bonds. The number of nitrogens with one attached hydrogen (secondary N) is 1. The normalized spacial score (nSPS) is 38.2. The molecule has 3 saturated heterocycles. The van der Waals surface area contributed by atoms with Gasteiger partial charge in [-0.15, -0.1) is 0 Å². The lowest BCUT2D eigenvalue weighted by Crippen LogP contribution is -2.48. The number of rotatable bonds is 3. The number of nitrogens with zero attached hydrogens (tertiary/aromatic N) is 2. The van der Waals surface area contributed by atoms with Crippen molar-refractivity contribution in [3.63, 3.8) is 0 Å². The molecule has 1 N–H and O–H groups in total. The molecule has 3 rings (SSSR count). The predicted octanol–water partition coefficient (Wildman–Crippen LogP) is 0.306. The molecule has 0 saturated carbocycles. The molecule has 3 aliphatic heterocycles. The lowest BCUT2D eigenvalue weighted by atomic mass is 10.0. The van der Waals surface area contributed by atoms with Gasteiger partial charge in [0.25, 0.3) is 0 Å². The highest BCUT2D eigenvalue weighted by molar-refractivity contribution is 5.80. The molecule has 3 aliphatic rings. The van der Waals surface area contributed by atoms with E-state index in [1.165, 1.54) is 12.8 Å². The fourth-order valence-electron chi connectivity index (χ4n) is 4.00. The summed E-state index contributed by atoms with van der Waals surface area (Å²) in [5.41, 5.74) is 0. The van der Waals surface area contributed by atoms with Crippen LogP contribution in [0.1, 0.15) is 26.2 Å². The van der Waals surface area contributed by atoms with E-state index in [9.17, 15) is 4.79 Å². The average molecular weight is 281 g/mol. The molecule has 3 fully saturated rings. The van der Waals surface area contributed by atoms with E-state index in [2.05, 4.69) is 29.1 Å². The summed E-state index contributed by atoms with van der Waals surface area (Å²) in [6, 6.07) is 1.44. The Kier molecular flexibility index (Phi) is 4.29. The number of likely N-dealkylation sites (N-methyl/N-ethyl adjacent to an activating group) is 2. The lowest BCUT2D eigenvalue weighted by molar-refractivity contribution is -0.136. The van der Waals surface area contributed by atoms with Gasteiger partial charge in [0.2, 0.25) is 5.91 Å². The summed E-state index contributed by atoms with van der Waals surface area (Å²) in [5.74, 6) is 0.311. The molecular weight excluding hydrogens is 254 g/mol. The van der Waals surface area contributed by atoms with Gasteiger partial charge < -0.3 is 15.0 Å². The van der Waals surface area contributed by atoms with Gasteiger partial charge in [-0.2, -0.15) is 0 Å². The minimum Gasteiger partial charge on any atom is -0.379 e. The van der Waals surface area contributed by atoms with Crippen LogP contribution in [0.25, 0.3) is 0 Å². The molecule has 0 radical (unpaired) electrons. The summed E-state index contributed by atoms with van der Waals surface area (Å²) >= 11 is 0. The third kappa shape index (κ3) is 2.59. The van der Waals surface area contributed by atoms with Gasteiger partial charge in [0.1, 0.15) is 0 Å². The molecule has 4 atom stereocenters. The van der Waals surface area contributed by atoms with E-state index in [0.717, 1.165) is 26.1 Å². The van der Waals surface area contributed by atoms with Gasteiger partial charge in [0.15, 0.2) is 0 Å². The van der Waals surface area contributed by atoms with E-state index in [0.29, 0.717) is 31.2 Å². The van der Waals surface area contributed by atoms with Gasteiger partial charge in [0, 0.05) is 31.2 Å². The molecule has 5 nitrogen and oxygen atoms in total. The minimum absolute atomic E-state index is 0.0110. The number of carbonyl (C=O) groups excluding carboxylic acids is 1. The number of likely N-dealkylation sites (tertiary alicyclic amines) is 1. The summed E-state index contributed by atoms with van der Waals surface area (Å²) in [6.07, 6.45) is 3.66. The van der Waals surface area contributed by atoms with Crippen molar-refractivity contribution in [2.45, 2.75) is 44.3 Å². The highest BCUT2D eigenvalue weighted by Gasteiger charge is 2.40. The Bertz CT molecular complexity index is 363. The molecule has 20 heavy (non-hydrogen) atoms. The zero-order valence-corrected chi connectivity index (χ0v) is 12.7. The van der Waals surface area contributed by atoms with E-state index >= 15 is 0 Å². The van der Waals surface area contributed by atoms with Crippen LogP contribution in [0.5, 0.6) is 0 Å². The van der Waals surface area contributed by atoms with Crippen molar-refractivity contribution >= 4 is 5.91 Å². The van der Waals surface area contributed by atoms with Crippen molar-refractivity contribution in [3.8, 4) is 0 Å². The zero-order valence-electron chi connectivity index (χ0n) is 12.7. The van der Waals surface area contributed by atoms with Crippen LogP contribution in [-0.2, 0) is 9.53 Å². The quantitative estimate of drug-likeness (QED) is 0.808. The second-order valence-electron chi connectivity index (χ2n) is 6.43. The first-order chi connectivity index (χ1) is 9.70. The fraction of sp³-hybridized carbons (Fsp3) is 0.933. The fourth-order valence-corrected chi connectivity index (χ4v) is 4.00. The van der Waals surface area contributed by atoms with Crippen molar-refractivity contribution in [2.75, 3.05) is 39.9 Å². The van der Waals surface area contributed by atoms with E-state index in [1.807, 2.05) is 0 Å². The smallest absolute Gasteiger partial charge is 0.229 e. The summed E-state index contributed by atoms with van der Waals surface area (Å²) in [6.45, 7) is 6.05. The van der Waals surface area contributed by atoms with Gasteiger partial charge in [-0.25, -0.2) is 0 Å². The minimum atomic E-state index is 0.0110. The second-order valence-corrected chi connectivity index (χ2v) is 6.43. The second kappa shape index (κ2) is 6.00. The highest BCUT2D eigenvalue weighted by atomic mass is 16.5. The van der Waals surface area contributed by atoms with Crippen LogP contribution in [0.2, 0.25) is 0 Å². The van der Waals surface area contributed by atoms with Crippen molar-refractivity contribution in [2.24, 2.45) is 5.92 Å². The van der Waals surface area contributed by atoms with E-state index < -0.39 is 0 Å². The van der Waals surface area contributed by atoms with Crippen LogP contribution in [0.15, 0.2) is 0 Å². The van der Waals surface area contributed by atoms with Crippen LogP contribution in [0, 0.1) is 5.92 Å². The molecule has 0 aliphatic carbocycles. The monoisotopic (exact) mass is 281 g/mol. The van der Waals surface area contributed by atoms with Gasteiger partial charge in [-0.05, 0) is 32.9 Å². The molecule has 3 heterocycles. The highest BCUT2D eigenvalue weighted by Crippen LogP contribution is 2.29. The van der Waals surface area contributed by atoms with E-state index in [-0.39, 0.29) is 12.0 Å². The van der Waals surface area contributed by atoms with Gasteiger partial charge in [-0.3, -0.25) is 9.69 Å². The number of carbonyl (C=O) groups is 1. The largest absolute Gasteiger partial charge is 0.379 e. The molecule has 114 valence electrons. The molecule has 5 heteroatoms. The molecule has 0 aromatic heterocycles. The van der Waals surface area contributed by atoms with Crippen LogP contribution >= 0.6 is 0 Å². The van der Waals surface area contributed by atoms with Crippen LogP contribution in [0.4, 0.5) is 0 Å². The molecule has 0 spiro atoms. The first kappa shape index (κ1) is 14.3. The Hall–Kier alpha value is -0.650. The third-order valence-electron chi connectivity index (χ3n) is 5.32. The Labute approximate surface area is 121 Å². The van der Waals surface area contributed by atoms with Crippen molar-refractivity contribution in [3.05, 3.63) is 0 Å². The average Bonchev–Trinajstić information content (AvgIpc) is 2.95. The maximum Gasteiger partial charge on any atom is 0.229 e. The molecule has 0 aromatic carbocycles. The SMILES string of the molecule is CCNC1COCC1C(=O)N1CCC2CCC(C1)N2C. The maximum atomic E-state index is 12.8. The van der Waals surface area contributed by atoms with Gasteiger partial charge in [-0.1, -0.05) is 6.92 Å². The first-order valence-corrected chi connectivity index (χ1v) is 8.02. The standard InChI is InChI=1S/C15H27N3O2/c1-3-16-14-10-20-9-13(14)15(19)18-7-6-11-4-5-12(8-18)17(11)2/h11-14,16H,3-10H2,1-2H3. The number of hydrogen-bond donors (Lipinski definition) is 1. The van der Waals surface area contributed by atoms with E-state index in [4.69, 9.17) is 4.74 Å².